The van der Waals surface area contributed by atoms with Gasteiger partial charge in [-0.05, 0) is 178 Å². The number of nitrogens with zero attached hydrogens (tertiary/aromatic N) is 8. The molecule has 22 aromatic carbocycles. The average molecular weight is 1990 g/mol. The molecule has 0 amide bonds. The van der Waals surface area contributed by atoms with Crippen LogP contribution in [0.15, 0.2) is 425 Å². The van der Waals surface area contributed by atoms with Crippen LogP contribution in [-0.2, 0) is 0 Å². The van der Waals surface area contributed by atoms with E-state index in [1.54, 1.807) is 34.0 Å². The first-order valence-corrected chi connectivity index (χ1v) is 53.5. The SMILES string of the molecule is c1ccc(-c2cccc(-c3nc4ccccc4nc3-c3cc4sc5cccc6c5c4c4c(cccc34)O6)c2)cc1.c1ccc(-c2nc(-c3cc4cccc5c4c4c3sc3cccc(c34)O5)nc3c2sc2ccccc23)cc1.c1ccc(-c2nc(-c3ccc4c5c3sc3ccc6cccc(c6c35)O4)nc3c2ccc2ccccc23)cc1.c1ccc(-c2nc3ccccc3nc2-c2cc3c4c(c2)sc2ccc5cccc(c5c24)O3)cc1. The fourth-order valence-corrected chi connectivity index (χ4v) is 28.7. The number of rotatable bonds is 9. The Morgan fingerprint density at radius 1 is 0.154 bits per heavy atom. The molecule has 9 aromatic heterocycles. The Kier molecular flexibility index (Phi) is 18.6. The molecule has 31 aromatic rings. The van der Waals surface area contributed by atoms with Gasteiger partial charge < -0.3 is 18.9 Å². The van der Waals surface area contributed by atoms with E-state index in [-0.39, 0.29) is 0 Å². The molecule has 0 saturated carbocycles. The maximum Gasteiger partial charge on any atom is 0.162 e. The monoisotopic (exact) mass is 1990 g/mol. The molecule has 0 fully saturated rings. The zero-order valence-corrected chi connectivity index (χ0v) is 82.7. The van der Waals surface area contributed by atoms with Gasteiger partial charge in [-0.1, -0.05) is 285 Å². The number of aromatic nitrogens is 8. The van der Waals surface area contributed by atoms with E-state index in [1.165, 1.54) is 119 Å². The minimum Gasteiger partial charge on any atom is -0.456 e. The van der Waals surface area contributed by atoms with Crippen molar-refractivity contribution in [3.63, 3.8) is 0 Å². The lowest BCUT2D eigenvalue weighted by molar-refractivity contribution is 0.493. The zero-order chi connectivity index (χ0) is 97.3. The molecule has 17 heteroatoms. The Hall–Kier alpha value is -18.5. The highest BCUT2D eigenvalue weighted by Crippen LogP contribution is 2.60. The Morgan fingerprint density at radius 2 is 0.564 bits per heavy atom. The van der Waals surface area contributed by atoms with Gasteiger partial charge in [0.25, 0.3) is 0 Å². The van der Waals surface area contributed by atoms with Crippen LogP contribution in [0.4, 0.5) is 0 Å². The predicted octanol–water partition coefficient (Wildman–Crippen LogP) is 38.4. The number of hydrogen-bond donors (Lipinski definition) is 0. The smallest absolute Gasteiger partial charge is 0.162 e. The highest BCUT2D eigenvalue weighted by atomic mass is 32.1. The summed E-state index contributed by atoms with van der Waals surface area (Å²) in [4.78, 5) is 41.7. The topological polar surface area (TPSA) is 140 Å². The summed E-state index contributed by atoms with van der Waals surface area (Å²) in [5.41, 5.74) is 21.8. The van der Waals surface area contributed by atoms with Gasteiger partial charge in [0, 0.05) is 163 Å². The maximum absolute atomic E-state index is 6.50. The van der Waals surface area contributed by atoms with Crippen molar-refractivity contribution in [3.05, 3.63) is 425 Å². The molecule has 35 rings (SSSR count). The van der Waals surface area contributed by atoms with Crippen molar-refractivity contribution in [1.82, 2.24) is 39.9 Å². The van der Waals surface area contributed by atoms with E-state index in [0.717, 1.165) is 217 Å². The minimum atomic E-state index is 0.737. The standard InChI is InChI=1S/C36H20N2OS.C34H18N2OS.C32H16N2OS2.C30H16N2OS/c1-2-9-21(10-3-1)22-11-6-12-23(19-22)35-36(38-27-15-5-4-14-26(27)37-35)25-20-31-34-32-24(25)13-7-16-28(32)39-29-17-8-18-30(40-31)33(29)34;1-2-8-21(9-3-1)31-23-15-13-19-7-4-5-11-22(19)32(23)36-34(35-31)24-16-17-26-29-30-27(38-33(24)29)18-14-20-10-6-12-25(37-26)28(20)30;1-2-8-17(9-3-1)28-31-29(19-11-4-5-14-23(19)36-31)34-32(33-28)20-16-18-10-6-12-21-25(18)27-26-22(35-21)13-7-15-24(26)37-30(20)27;1-2-7-18(8-3-1)29-30(32-21-11-5-4-10-20(21)31-29)19-15-23-27-25(16-19)34-24-14-13-17-9-6-12-22(33-23)26(17)28(24)27/h1-20H;1-18H;1-16H;1-16H. The summed E-state index contributed by atoms with van der Waals surface area (Å²) in [5.74, 6) is 8.79. The Bertz CT molecular complexity index is 11300. The van der Waals surface area contributed by atoms with Gasteiger partial charge in [-0.25, -0.2) is 39.9 Å². The van der Waals surface area contributed by atoms with E-state index < -0.39 is 0 Å². The molecule has 0 bridgehead atoms. The van der Waals surface area contributed by atoms with Crippen LogP contribution in [0.3, 0.4) is 0 Å². The second-order valence-electron chi connectivity index (χ2n) is 37.9. The van der Waals surface area contributed by atoms with E-state index in [0.29, 0.717) is 0 Å². The summed E-state index contributed by atoms with van der Waals surface area (Å²) in [6.45, 7) is 0. The summed E-state index contributed by atoms with van der Waals surface area (Å²) in [5, 5.41) is 23.8. The van der Waals surface area contributed by atoms with Gasteiger partial charge >= 0.3 is 0 Å². The minimum absolute atomic E-state index is 0.737. The fraction of sp³-hybridized carbons (Fsp3) is 0. The van der Waals surface area contributed by atoms with Crippen molar-refractivity contribution < 1.29 is 18.9 Å². The molecule has 692 valence electrons. The van der Waals surface area contributed by atoms with Crippen molar-refractivity contribution in [1.29, 1.82) is 0 Å². The van der Waals surface area contributed by atoms with Crippen LogP contribution in [0.1, 0.15) is 0 Å². The van der Waals surface area contributed by atoms with Crippen LogP contribution in [0.2, 0.25) is 0 Å². The van der Waals surface area contributed by atoms with Gasteiger partial charge in [-0.3, -0.25) is 0 Å². The molecular weight excluding hydrogens is 1920 g/mol. The van der Waals surface area contributed by atoms with E-state index in [4.69, 9.17) is 58.8 Å². The van der Waals surface area contributed by atoms with Crippen molar-refractivity contribution in [2.24, 2.45) is 0 Å². The largest absolute Gasteiger partial charge is 0.456 e. The lowest BCUT2D eigenvalue weighted by atomic mass is 9.93. The molecule has 0 saturated heterocycles. The molecule has 0 atom stereocenters. The summed E-state index contributed by atoms with van der Waals surface area (Å²) in [6.07, 6.45) is 0. The third-order valence-corrected chi connectivity index (χ3v) is 35.1. The van der Waals surface area contributed by atoms with Gasteiger partial charge in [-0.2, -0.15) is 0 Å². The quantitative estimate of drug-likeness (QED) is 0.127. The molecule has 149 heavy (non-hydrogen) atoms. The normalized spacial score (nSPS) is 12.4. The fourth-order valence-electron chi connectivity index (χ4n) is 22.8. The lowest BCUT2D eigenvalue weighted by Gasteiger charge is -2.19. The Labute approximate surface area is 868 Å². The van der Waals surface area contributed by atoms with Gasteiger partial charge in [0.05, 0.1) is 76.7 Å². The number of benzene rings is 22. The summed E-state index contributed by atoms with van der Waals surface area (Å²) in [6, 6.07) is 148. The van der Waals surface area contributed by atoms with E-state index in [2.05, 4.69) is 340 Å². The molecule has 0 radical (unpaired) electrons. The number of ether oxygens (including phenoxy) is 4. The number of hydrogen-bond acceptors (Lipinski definition) is 17. The van der Waals surface area contributed by atoms with Crippen LogP contribution in [0.25, 0.3) is 289 Å². The van der Waals surface area contributed by atoms with Gasteiger partial charge in [0.1, 0.15) is 46.0 Å². The van der Waals surface area contributed by atoms with Gasteiger partial charge in [0.2, 0.25) is 0 Å². The molecular formula is C132H70N8O4S5. The van der Waals surface area contributed by atoms with Crippen LogP contribution < -0.4 is 18.9 Å². The molecule has 0 aliphatic carbocycles. The molecule has 12 nitrogen and oxygen atoms in total. The first-order valence-electron chi connectivity index (χ1n) is 49.4. The Morgan fingerprint density at radius 3 is 1.23 bits per heavy atom. The lowest BCUT2D eigenvalue weighted by Crippen LogP contribution is -1.98. The van der Waals surface area contributed by atoms with E-state index in [9.17, 15) is 0 Å². The molecule has 0 N–H and O–H groups in total. The number of thiophene rings is 5. The second-order valence-corrected chi connectivity index (χ2v) is 43.2. The predicted molar refractivity (Wildman–Crippen MR) is 622 cm³/mol. The maximum atomic E-state index is 6.50. The zero-order valence-electron chi connectivity index (χ0n) is 78.7. The third-order valence-electron chi connectivity index (χ3n) is 29.4. The van der Waals surface area contributed by atoms with Crippen molar-refractivity contribution in [3.8, 4) is 147 Å². The van der Waals surface area contributed by atoms with E-state index >= 15 is 0 Å². The van der Waals surface area contributed by atoms with Crippen LogP contribution in [-0.4, -0.2) is 39.9 Å². The first kappa shape index (κ1) is 83.9. The molecule has 0 spiro atoms. The van der Waals surface area contributed by atoms with Crippen molar-refractivity contribution in [2.75, 3.05) is 0 Å². The Balaban J connectivity index is 0.0000000880. The molecule has 4 aliphatic rings. The second kappa shape index (κ2) is 33.0. The summed E-state index contributed by atoms with van der Waals surface area (Å²) >= 11 is 8.98. The van der Waals surface area contributed by atoms with Gasteiger partial charge in [0.15, 0.2) is 11.6 Å². The summed E-state index contributed by atoms with van der Waals surface area (Å²) < 4.78 is 37.9. The van der Waals surface area contributed by atoms with Gasteiger partial charge in [-0.15, -0.1) is 56.7 Å². The average Bonchev–Trinajstić information content (AvgIpc) is 1.53. The molecule has 0 unspecified atom stereocenters. The molecule has 4 aliphatic heterocycles. The van der Waals surface area contributed by atoms with E-state index in [1.807, 2.05) is 108 Å². The van der Waals surface area contributed by atoms with Crippen LogP contribution in [0, 0.1) is 0 Å². The van der Waals surface area contributed by atoms with Crippen molar-refractivity contribution >= 4 is 245 Å². The van der Waals surface area contributed by atoms with Crippen LogP contribution in [0.5, 0.6) is 46.0 Å². The van der Waals surface area contributed by atoms with Crippen molar-refractivity contribution in [2.45, 2.75) is 0 Å². The summed E-state index contributed by atoms with van der Waals surface area (Å²) in [7, 11) is 0. The molecule has 13 heterocycles. The third kappa shape index (κ3) is 13.2. The number of fused-ring (bicyclic) bond motifs is 8. The van der Waals surface area contributed by atoms with Crippen LogP contribution >= 0.6 is 56.7 Å². The number of para-hydroxylation sites is 4. The highest BCUT2D eigenvalue weighted by molar-refractivity contribution is 7.28. The first-order chi connectivity index (χ1) is 73.8. The highest BCUT2D eigenvalue weighted by Gasteiger charge is 2.33.